The predicted octanol–water partition coefficient (Wildman–Crippen LogP) is 4.57. The van der Waals surface area contributed by atoms with E-state index in [4.69, 9.17) is 11.6 Å². The van der Waals surface area contributed by atoms with E-state index in [1.54, 1.807) is 12.1 Å². The lowest BCUT2D eigenvalue weighted by Gasteiger charge is -2.12. The average Bonchev–Trinajstić information content (AvgIpc) is 2.47. The number of anilines is 2. The Morgan fingerprint density at radius 3 is 2.29 bits per heavy atom. The van der Waals surface area contributed by atoms with Gasteiger partial charge >= 0.3 is 6.18 Å². The summed E-state index contributed by atoms with van der Waals surface area (Å²) in [6, 6.07) is 9.11. The minimum atomic E-state index is -4.62. The van der Waals surface area contributed by atoms with Crippen LogP contribution in [0, 0.1) is 0 Å². The van der Waals surface area contributed by atoms with E-state index in [1.165, 1.54) is 25.1 Å². The second kappa shape index (κ2) is 6.92. The first-order chi connectivity index (χ1) is 11.2. The average molecular weight is 357 g/mol. The molecule has 126 valence electrons. The van der Waals surface area contributed by atoms with Crippen LogP contribution in [-0.4, -0.2) is 11.8 Å². The second-order valence-electron chi connectivity index (χ2n) is 4.91. The monoisotopic (exact) mass is 356 g/mol. The van der Waals surface area contributed by atoms with Crippen LogP contribution in [0.25, 0.3) is 0 Å². The Kier molecular flexibility index (Phi) is 5.14. The molecule has 0 unspecified atom stereocenters. The van der Waals surface area contributed by atoms with Crippen LogP contribution in [0.1, 0.15) is 22.8 Å². The van der Waals surface area contributed by atoms with Gasteiger partial charge in [0.1, 0.15) is 0 Å². The molecular formula is C16H12ClF3N2O2. The van der Waals surface area contributed by atoms with E-state index in [0.29, 0.717) is 5.69 Å². The number of carbonyl (C=O) groups is 2. The van der Waals surface area contributed by atoms with Crippen molar-refractivity contribution in [3.8, 4) is 0 Å². The standard InChI is InChI=1S/C16H12ClF3N2O2/c1-9(23)21-11-4-2-3-10(7-11)15(24)22-12-5-6-14(17)13(8-12)16(18,19)20/h2-8H,1H3,(H,21,23)(H,22,24). The third-order valence-electron chi connectivity index (χ3n) is 2.97. The van der Waals surface area contributed by atoms with Gasteiger partial charge in [0.25, 0.3) is 5.91 Å². The number of halogens is 4. The van der Waals surface area contributed by atoms with Gasteiger partial charge in [0.2, 0.25) is 5.91 Å². The van der Waals surface area contributed by atoms with Crippen LogP contribution in [0.5, 0.6) is 0 Å². The van der Waals surface area contributed by atoms with Crippen molar-refractivity contribution in [2.24, 2.45) is 0 Å². The van der Waals surface area contributed by atoms with Gasteiger partial charge in [-0.1, -0.05) is 17.7 Å². The van der Waals surface area contributed by atoms with Crippen molar-refractivity contribution >= 4 is 34.8 Å². The summed E-state index contributed by atoms with van der Waals surface area (Å²) < 4.78 is 38.5. The number of alkyl halides is 3. The van der Waals surface area contributed by atoms with Gasteiger partial charge in [0.05, 0.1) is 10.6 Å². The highest BCUT2D eigenvalue weighted by Crippen LogP contribution is 2.36. The summed E-state index contributed by atoms with van der Waals surface area (Å²) in [4.78, 5) is 23.2. The fourth-order valence-electron chi connectivity index (χ4n) is 1.96. The smallest absolute Gasteiger partial charge is 0.326 e. The van der Waals surface area contributed by atoms with Gasteiger partial charge in [0, 0.05) is 23.9 Å². The zero-order valence-electron chi connectivity index (χ0n) is 12.4. The fraction of sp³-hybridized carbons (Fsp3) is 0.125. The zero-order valence-corrected chi connectivity index (χ0v) is 13.1. The van der Waals surface area contributed by atoms with Crippen LogP contribution in [0.3, 0.4) is 0 Å². The summed E-state index contributed by atoms with van der Waals surface area (Å²) in [5.41, 5.74) is -0.484. The molecule has 0 aliphatic rings. The van der Waals surface area contributed by atoms with Crippen LogP contribution >= 0.6 is 11.6 Å². The first-order valence-corrected chi connectivity index (χ1v) is 7.10. The van der Waals surface area contributed by atoms with Gasteiger partial charge in [-0.25, -0.2) is 0 Å². The molecule has 0 saturated carbocycles. The maximum absolute atomic E-state index is 12.8. The minimum Gasteiger partial charge on any atom is -0.326 e. The van der Waals surface area contributed by atoms with E-state index < -0.39 is 22.7 Å². The molecular weight excluding hydrogens is 345 g/mol. The van der Waals surface area contributed by atoms with Gasteiger partial charge in [-0.05, 0) is 36.4 Å². The summed E-state index contributed by atoms with van der Waals surface area (Å²) in [7, 11) is 0. The Balaban J connectivity index is 2.23. The van der Waals surface area contributed by atoms with Gasteiger partial charge in [-0.15, -0.1) is 0 Å². The number of rotatable bonds is 3. The molecule has 0 fully saturated rings. The molecule has 2 aromatic carbocycles. The summed E-state index contributed by atoms with van der Waals surface area (Å²) in [6.45, 7) is 1.32. The molecule has 24 heavy (non-hydrogen) atoms. The Bertz CT molecular complexity index is 791. The number of benzene rings is 2. The highest BCUT2D eigenvalue weighted by atomic mass is 35.5. The van der Waals surface area contributed by atoms with E-state index in [1.807, 2.05) is 0 Å². The van der Waals surface area contributed by atoms with Gasteiger partial charge in [-0.3, -0.25) is 9.59 Å². The molecule has 0 aromatic heterocycles. The third kappa shape index (κ3) is 4.48. The lowest BCUT2D eigenvalue weighted by molar-refractivity contribution is -0.137. The normalized spacial score (nSPS) is 11.0. The molecule has 2 N–H and O–H groups in total. The Morgan fingerprint density at radius 1 is 1.00 bits per heavy atom. The Labute approximate surface area is 140 Å². The van der Waals surface area contributed by atoms with Crippen LogP contribution in [-0.2, 0) is 11.0 Å². The van der Waals surface area contributed by atoms with E-state index >= 15 is 0 Å². The number of nitrogens with one attached hydrogen (secondary N) is 2. The molecule has 4 nitrogen and oxygen atoms in total. The highest BCUT2D eigenvalue weighted by Gasteiger charge is 2.33. The molecule has 0 radical (unpaired) electrons. The molecule has 0 saturated heterocycles. The predicted molar refractivity (Wildman–Crippen MR) is 85.2 cm³/mol. The largest absolute Gasteiger partial charge is 0.417 e. The summed E-state index contributed by atoms with van der Waals surface area (Å²) in [6.07, 6.45) is -4.62. The maximum atomic E-state index is 12.8. The van der Waals surface area contributed by atoms with Crippen molar-refractivity contribution in [2.75, 3.05) is 10.6 Å². The topological polar surface area (TPSA) is 58.2 Å². The van der Waals surface area contributed by atoms with Crippen molar-refractivity contribution in [3.63, 3.8) is 0 Å². The van der Waals surface area contributed by atoms with Gasteiger partial charge in [0.15, 0.2) is 0 Å². The van der Waals surface area contributed by atoms with E-state index in [2.05, 4.69) is 10.6 Å². The number of carbonyl (C=O) groups excluding carboxylic acids is 2. The lowest BCUT2D eigenvalue weighted by atomic mass is 10.1. The molecule has 0 aliphatic heterocycles. The van der Waals surface area contributed by atoms with Crippen molar-refractivity contribution in [1.29, 1.82) is 0 Å². The summed E-state index contributed by atoms with van der Waals surface area (Å²) in [5, 5.41) is 4.43. The molecule has 0 heterocycles. The van der Waals surface area contributed by atoms with Crippen LogP contribution < -0.4 is 10.6 Å². The molecule has 2 amide bonds. The fourth-order valence-corrected chi connectivity index (χ4v) is 2.19. The quantitative estimate of drug-likeness (QED) is 0.846. The Hall–Kier alpha value is -2.54. The summed E-state index contributed by atoms with van der Waals surface area (Å²) >= 11 is 5.53. The summed E-state index contributed by atoms with van der Waals surface area (Å²) in [5.74, 6) is -0.919. The third-order valence-corrected chi connectivity index (χ3v) is 3.30. The Morgan fingerprint density at radius 2 is 1.67 bits per heavy atom. The molecule has 0 spiro atoms. The van der Waals surface area contributed by atoms with E-state index in [-0.39, 0.29) is 17.2 Å². The molecule has 2 rings (SSSR count). The van der Waals surface area contributed by atoms with Crippen molar-refractivity contribution in [2.45, 2.75) is 13.1 Å². The molecule has 0 bridgehead atoms. The van der Waals surface area contributed by atoms with Crippen LogP contribution in [0.4, 0.5) is 24.5 Å². The number of hydrogen-bond acceptors (Lipinski definition) is 2. The van der Waals surface area contributed by atoms with Crippen molar-refractivity contribution < 1.29 is 22.8 Å². The van der Waals surface area contributed by atoms with E-state index in [9.17, 15) is 22.8 Å². The van der Waals surface area contributed by atoms with Crippen molar-refractivity contribution in [3.05, 3.63) is 58.6 Å². The molecule has 2 aromatic rings. The SMILES string of the molecule is CC(=O)Nc1cccc(C(=O)Nc2ccc(Cl)c(C(F)(F)F)c2)c1. The first-order valence-electron chi connectivity index (χ1n) is 6.72. The molecule has 0 aliphatic carbocycles. The van der Waals surface area contributed by atoms with Gasteiger partial charge < -0.3 is 10.6 Å². The van der Waals surface area contributed by atoms with E-state index in [0.717, 1.165) is 12.1 Å². The lowest BCUT2D eigenvalue weighted by Crippen LogP contribution is -2.14. The van der Waals surface area contributed by atoms with Crippen LogP contribution in [0.2, 0.25) is 5.02 Å². The number of hydrogen-bond donors (Lipinski definition) is 2. The molecule has 8 heteroatoms. The van der Waals surface area contributed by atoms with Gasteiger partial charge in [-0.2, -0.15) is 13.2 Å². The first kappa shape index (κ1) is 17.8. The second-order valence-corrected chi connectivity index (χ2v) is 5.32. The zero-order chi connectivity index (χ0) is 17.9. The maximum Gasteiger partial charge on any atom is 0.417 e. The molecule has 0 atom stereocenters. The van der Waals surface area contributed by atoms with Crippen LogP contribution in [0.15, 0.2) is 42.5 Å². The van der Waals surface area contributed by atoms with Crippen molar-refractivity contribution in [1.82, 2.24) is 0 Å². The minimum absolute atomic E-state index is 0.0401. The number of amides is 2. The highest BCUT2D eigenvalue weighted by molar-refractivity contribution is 6.31.